The number of carbonyl (C=O) groups is 1. The molecule has 2 N–H and O–H groups in total. The monoisotopic (exact) mass is 410 g/mol. The Bertz CT molecular complexity index is 1010. The van der Waals surface area contributed by atoms with Crippen LogP contribution in [0.5, 0.6) is 0 Å². The quantitative estimate of drug-likeness (QED) is 0.759. The van der Waals surface area contributed by atoms with Gasteiger partial charge in [-0.3, -0.25) is 4.79 Å². The number of rotatable bonds is 6. The Labute approximate surface area is 159 Å². The summed E-state index contributed by atoms with van der Waals surface area (Å²) in [4.78, 5) is 12.2. The van der Waals surface area contributed by atoms with Crippen molar-refractivity contribution in [3.8, 4) is 0 Å². The molecule has 7 nitrogen and oxygen atoms in total. The van der Waals surface area contributed by atoms with Crippen molar-refractivity contribution < 1.29 is 21.6 Å². The van der Waals surface area contributed by atoms with Crippen LogP contribution in [-0.2, 0) is 24.7 Å². The third-order valence-electron chi connectivity index (χ3n) is 3.31. The molecule has 0 unspecified atom stereocenters. The molecular weight excluding hydrogens is 388 g/mol. The zero-order chi connectivity index (χ0) is 20.3. The number of sulfonamides is 1. The minimum atomic E-state index is -3.75. The number of benzene rings is 2. The molecule has 27 heavy (non-hydrogen) atoms. The van der Waals surface area contributed by atoms with Crippen LogP contribution in [0.15, 0.2) is 64.4 Å². The molecule has 2 aromatic rings. The highest BCUT2D eigenvalue weighted by Crippen LogP contribution is 2.17. The van der Waals surface area contributed by atoms with Crippen LogP contribution in [0.4, 0.5) is 5.69 Å². The van der Waals surface area contributed by atoms with Crippen molar-refractivity contribution in [3.05, 3.63) is 54.6 Å². The molecule has 0 saturated carbocycles. The molecule has 0 aliphatic heterocycles. The van der Waals surface area contributed by atoms with Crippen molar-refractivity contribution >= 4 is 31.5 Å². The molecule has 0 atom stereocenters. The largest absolute Gasteiger partial charge is 0.325 e. The molecule has 2 aromatic carbocycles. The fourth-order valence-electron chi connectivity index (χ4n) is 2.26. The maximum absolute atomic E-state index is 12.2. The van der Waals surface area contributed by atoms with Crippen LogP contribution < -0.4 is 10.0 Å². The predicted molar refractivity (Wildman–Crippen MR) is 104 cm³/mol. The van der Waals surface area contributed by atoms with Gasteiger partial charge in [0.1, 0.15) is 5.75 Å². The normalized spacial score (nSPS) is 12.6. The van der Waals surface area contributed by atoms with Gasteiger partial charge in [0, 0.05) is 11.2 Å². The Hall–Kier alpha value is -2.23. The summed E-state index contributed by atoms with van der Waals surface area (Å²) in [6, 6.07) is 13.2. The molecule has 1 amide bonds. The van der Waals surface area contributed by atoms with Gasteiger partial charge in [-0.1, -0.05) is 18.2 Å². The third kappa shape index (κ3) is 6.16. The van der Waals surface area contributed by atoms with E-state index >= 15 is 0 Å². The fraction of sp³-hybridized carbons (Fsp3) is 0.278. The number of carbonyl (C=O) groups excluding carboxylic acids is 1. The van der Waals surface area contributed by atoms with E-state index in [4.69, 9.17) is 0 Å². The van der Waals surface area contributed by atoms with E-state index in [-0.39, 0.29) is 9.79 Å². The van der Waals surface area contributed by atoms with Crippen molar-refractivity contribution in [1.29, 1.82) is 0 Å². The molecule has 0 bridgehead atoms. The second-order valence-electron chi connectivity index (χ2n) is 7.00. The molecule has 9 heteroatoms. The highest BCUT2D eigenvalue weighted by Gasteiger charge is 2.22. The molecule has 0 radical (unpaired) electrons. The minimum absolute atomic E-state index is 0.0485. The van der Waals surface area contributed by atoms with Crippen LogP contribution in [0.25, 0.3) is 0 Å². The Kier molecular flexibility index (Phi) is 6.08. The lowest BCUT2D eigenvalue weighted by atomic mass is 10.1. The summed E-state index contributed by atoms with van der Waals surface area (Å²) in [6.45, 7) is 5.19. The van der Waals surface area contributed by atoms with Crippen molar-refractivity contribution in [2.45, 2.75) is 36.1 Å². The molecule has 0 aliphatic carbocycles. The molecule has 146 valence electrons. The topological polar surface area (TPSA) is 109 Å². The zero-order valence-corrected chi connectivity index (χ0v) is 16.9. The summed E-state index contributed by atoms with van der Waals surface area (Å²) >= 11 is 0. The number of sulfone groups is 1. The van der Waals surface area contributed by atoms with Crippen LogP contribution in [0.3, 0.4) is 0 Å². The van der Waals surface area contributed by atoms with Crippen LogP contribution in [0.1, 0.15) is 20.8 Å². The highest BCUT2D eigenvalue weighted by molar-refractivity contribution is 7.92. The van der Waals surface area contributed by atoms with Gasteiger partial charge in [0.25, 0.3) is 0 Å². The molecule has 0 aliphatic rings. The number of hydrogen-bond donors (Lipinski definition) is 2. The van der Waals surface area contributed by atoms with Crippen LogP contribution in [0, 0.1) is 0 Å². The van der Waals surface area contributed by atoms with Gasteiger partial charge >= 0.3 is 0 Å². The lowest BCUT2D eigenvalue weighted by molar-refractivity contribution is -0.113. The Balaban J connectivity index is 2.07. The van der Waals surface area contributed by atoms with Gasteiger partial charge in [-0.05, 0) is 57.2 Å². The Morgan fingerprint density at radius 3 is 1.93 bits per heavy atom. The highest BCUT2D eigenvalue weighted by atomic mass is 32.2. The summed E-state index contributed by atoms with van der Waals surface area (Å²) in [7, 11) is -7.44. The average Bonchev–Trinajstić information content (AvgIpc) is 2.53. The second kappa shape index (κ2) is 7.79. The van der Waals surface area contributed by atoms with Gasteiger partial charge in [-0.25, -0.2) is 21.6 Å². The first-order valence-electron chi connectivity index (χ1n) is 8.11. The van der Waals surface area contributed by atoms with Gasteiger partial charge in [0.15, 0.2) is 9.84 Å². The number of amides is 1. The Morgan fingerprint density at radius 2 is 1.41 bits per heavy atom. The standard InChI is InChI=1S/C18H22N2O5S2/c1-18(2,3)20-27(24,25)16-11-9-14(10-12-16)19-17(21)13-26(22,23)15-7-5-4-6-8-15/h4-12,20H,13H2,1-3H3,(H,19,21). The van der Waals surface area contributed by atoms with Gasteiger partial charge in [-0.15, -0.1) is 0 Å². The van der Waals surface area contributed by atoms with Gasteiger partial charge in [0.05, 0.1) is 9.79 Å². The second-order valence-corrected chi connectivity index (χ2v) is 10.7. The first-order valence-corrected chi connectivity index (χ1v) is 11.2. The summed E-state index contributed by atoms with van der Waals surface area (Å²) in [6.07, 6.45) is 0. The van der Waals surface area contributed by atoms with E-state index in [0.29, 0.717) is 5.69 Å². The van der Waals surface area contributed by atoms with Crippen LogP contribution in [0.2, 0.25) is 0 Å². The van der Waals surface area contributed by atoms with E-state index in [1.54, 1.807) is 39.0 Å². The van der Waals surface area contributed by atoms with Crippen molar-refractivity contribution in [3.63, 3.8) is 0 Å². The molecule has 0 fully saturated rings. The maximum atomic E-state index is 12.2. The lowest BCUT2D eigenvalue weighted by Gasteiger charge is -2.20. The SMILES string of the molecule is CC(C)(C)NS(=O)(=O)c1ccc(NC(=O)CS(=O)(=O)c2ccccc2)cc1. The fourth-order valence-corrected chi connectivity index (χ4v) is 4.83. The molecule has 0 aromatic heterocycles. The van der Waals surface area contributed by atoms with E-state index in [1.807, 2.05) is 0 Å². The van der Waals surface area contributed by atoms with Crippen molar-refractivity contribution in [1.82, 2.24) is 4.72 Å². The number of nitrogens with one attached hydrogen (secondary N) is 2. The van der Waals surface area contributed by atoms with Gasteiger partial charge < -0.3 is 5.32 Å². The van der Waals surface area contributed by atoms with Crippen molar-refractivity contribution in [2.75, 3.05) is 11.1 Å². The molecular formula is C18H22N2O5S2. The molecule has 0 spiro atoms. The molecule has 0 saturated heterocycles. The van der Waals surface area contributed by atoms with E-state index in [9.17, 15) is 21.6 Å². The third-order valence-corrected chi connectivity index (χ3v) is 6.72. The smallest absolute Gasteiger partial charge is 0.241 e. The van der Waals surface area contributed by atoms with E-state index in [2.05, 4.69) is 10.0 Å². The summed E-state index contributed by atoms with van der Waals surface area (Å²) < 4.78 is 51.4. The molecule has 2 rings (SSSR count). The maximum Gasteiger partial charge on any atom is 0.241 e. The average molecular weight is 411 g/mol. The molecule has 0 heterocycles. The summed E-state index contributed by atoms with van der Waals surface area (Å²) in [5, 5.41) is 2.46. The van der Waals surface area contributed by atoms with Crippen LogP contribution in [-0.4, -0.2) is 34.0 Å². The first kappa shape index (κ1) is 21.1. The zero-order valence-electron chi connectivity index (χ0n) is 15.3. The Morgan fingerprint density at radius 1 is 0.852 bits per heavy atom. The first-order chi connectivity index (χ1) is 12.4. The van der Waals surface area contributed by atoms with Crippen molar-refractivity contribution in [2.24, 2.45) is 0 Å². The van der Waals surface area contributed by atoms with Gasteiger partial charge in [-0.2, -0.15) is 0 Å². The predicted octanol–water partition coefficient (Wildman–Crippen LogP) is 2.18. The van der Waals surface area contributed by atoms with Gasteiger partial charge in [0.2, 0.25) is 15.9 Å². The minimum Gasteiger partial charge on any atom is -0.325 e. The number of hydrogen-bond acceptors (Lipinski definition) is 5. The van der Waals surface area contributed by atoms with E-state index in [1.165, 1.54) is 36.4 Å². The lowest BCUT2D eigenvalue weighted by Crippen LogP contribution is -2.40. The number of anilines is 1. The summed E-state index contributed by atoms with van der Waals surface area (Å²) in [5.41, 5.74) is -0.324. The van der Waals surface area contributed by atoms with Crippen LogP contribution >= 0.6 is 0 Å². The summed E-state index contributed by atoms with van der Waals surface area (Å²) in [5.74, 6) is -1.41. The van der Waals surface area contributed by atoms with E-state index in [0.717, 1.165) is 0 Å². The van der Waals surface area contributed by atoms with E-state index < -0.39 is 37.1 Å².